The molecule has 18 heavy (non-hydrogen) atoms. The van der Waals surface area contributed by atoms with Gasteiger partial charge in [-0.2, -0.15) is 11.8 Å². The number of carbonyl (C=O) groups is 1. The number of hydrogen-bond acceptors (Lipinski definition) is 2. The van der Waals surface area contributed by atoms with E-state index < -0.39 is 0 Å². The molecule has 0 spiro atoms. The number of nitrogens with zero attached hydrogens (tertiary/aromatic N) is 1. The van der Waals surface area contributed by atoms with Crippen LogP contribution in [0.3, 0.4) is 0 Å². The first kappa shape index (κ1) is 14.2. The van der Waals surface area contributed by atoms with Crippen molar-refractivity contribution in [2.45, 2.75) is 18.6 Å². The lowest BCUT2D eigenvalue weighted by atomic mass is 10.1. The monoisotopic (exact) mass is 347 g/mol. The molecule has 1 saturated heterocycles. The fourth-order valence-electron chi connectivity index (χ4n) is 2.03. The van der Waals surface area contributed by atoms with Crippen LogP contribution in [0.15, 0.2) is 22.7 Å². The molecule has 1 aliphatic rings. The molecule has 1 heterocycles. The van der Waals surface area contributed by atoms with Crippen molar-refractivity contribution < 1.29 is 4.79 Å². The van der Waals surface area contributed by atoms with Crippen LogP contribution in [0.1, 0.15) is 24.2 Å². The largest absolute Gasteiger partial charge is 0.336 e. The van der Waals surface area contributed by atoms with Gasteiger partial charge in [0, 0.05) is 28.1 Å². The first-order chi connectivity index (χ1) is 8.41. The third-order valence-electron chi connectivity index (χ3n) is 2.89. The SMILES string of the molecule is CC1(C)CN(C(=O)c2cccc(Br)c2Cl)CCS1. The van der Waals surface area contributed by atoms with Crippen molar-refractivity contribution in [3.05, 3.63) is 33.3 Å². The van der Waals surface area contributed by atoms with E-state index in [4.69, 9.17) is 11.6 Å². The summed E-state index contributed by atoms with van der Waals surface area (Å²) in [6, 6.07) is 5.46. The maximum Gasteiger partial charge on any atom is 0.255 e. The molecule has 2 rings (SSSR count). The van der Waals surface area contributed by atoms with Crippen molar-refractivity contribution >= 4 is 45.2 Å². The van der Waals surface area contributed by atoms with Crippen molar-refractivity contribution in [1.82, 2.24) is 4.90 Å². The summed E-state index contributed by atoms with van der Waals surface area (Å²) in [5, 5.41) is 0.499. The number of thioether (sulfide) groups is 1. The van der Waals surface area contributed by atoms with Crippen molar-refractivity contribution in [2.75, 3.05) is 18.8 Å². The van der Waals surface area contributed by atoms with Crippen LogP contribution in [0, 0.1) is 0 Å². The highest BCUT2D eigenvalue weighted by molar-refractivity contribution is 9.10. The van der Waals surface area contributed by atoms with Gasteiger partial charge in [0.05, 0.1) is 10.6 Å². The van der Waals surface area contributed by atoms with Gasteiger partial charge < -0.3 is 4.90 Å². The third kappa shape index (κ3) is 3.03. The zero-order valence-corrected chi connectivity index (χ0v) is 13.5. The second-order valence-electron chi connectivity index (χ2n) is 4.94. The molecule has 0 aliphatic carbocycles. The maximum absolute atomic E-state index is 12.5. The third-order valence-corrected chi connectivity index (χ3v) is 5.49. The molecular formula is C13H15BrClNOS. The molecule has 98 valence electrons. The molecular weight excluding hydrogens is 334 g/mol. The van der Waals surface area contributed by atoms with E-state index in [0.717, 1.165) is 23.3 Å². The van der Waals surface area contributed by atoms with Crippen LogP contribution in [0.4, 0.5) is 0 Å². The average Bonchev–Trinajstić information content (AvgIpc) is 2.30. The summed E-state index contributed by atoms with van der Waals surface area (Å²) in [5.74, 6) is 0.999. The van der Waals surface area contributed by atoms with Crippen molar-refractivity contribution in [1.29, 1.82) is 0 Å². The molecule has 1 aliphatic heterocycles. The molecule has 0 saturated carbocycles. The van der Waals surface area contributed by atoms with Crippen LogP contribution in [0.2, 0.25) is 5.02 Å². The van der Waals surface area contributed by atoms with Crippen LogP contribution in [0.5, 0.6) is 0 Å². The number of carbonyl (C=O) groups excluding carboxylic acids is 1. The molecule has 5 heteroatoms. The molecule has 0 radical (unpaired) electrons. The Bertz CT molecular complexity index is 478. The Balaban J connectivity index is 2.23. The number of amides is 1. The smallest absolute Gasteiger partial charge is 0.255 e. The minimum absolute atomic E-state index is 0.0228. The first-order valence-corrected chi connectivity index (χ1v) is 7.94. The summed E-state index contributed by atoms with van der Waals surface area (Å²) >= 11 is 11.4. The number of rotatable bonds is 1. The molecule has 1 amide bonds. The van der Waals surface area contributed by atoms with E-state index in [0.29, 0.717) is 10.6 Å². The van der Waals surface area contributed by atoms with Crippen LogP contribution in [0.25, 0.3) is 0 Å². The van der Waals surface area contributed by atoms with Crippen LogP contribution in [-0.2, 0) is 0 Å². The van der Waals surface area contributed by atoms with E-state index in [-0.39, 0.29) is 10.7 Å². The normalized spacial score (nSPS) is 18.8. The van der Waals surface area contributed by atoms with Gasteiger partial charge in [-0.15, -0.1) is 0 Å². The minimum atomic E-state index is 0.0228. The van der Waals surface area contributed by atoms with E-state index in [9.17, 15) is 4.79 Å². The minimum Gasteiger partial charge on any atom is -0.336 e. The Morgan fingerprint density at radius 1 is 1.50 bits per heavy atom. The highest BCUT2D eigenvalue weighted by Crippen LogP contribution is 2.32. The van der Waals surface area contributed by atoms with E-state index in [2.05, 4.69) is 29.8 Å². The van der Waals surface area contributed by atoms with Gasteiger partial charge >= 0.3 is 0 Å². The fraction of sp³-hybridized carbons (Fsp3) is 0.462. The lowest BCUT2D eigenvalue weighted by Crippen LogP contribution is -2.46. The number of hydrogen-bond donors (Lipinski definition) is 0. The fourth-order valence-corrected chi connectivity index (χ4v) is 3.71. The van der Waals surface area contributed by atoms with Crippen LogP contribution >= 0.6 is 39.3 Å². The van der Waals surface area contributed by atoms with Gasteiger partial charge in [-0.05, 0) is 41.9 Å². The van der Waals surface area contributed by atoms with Crippen molar-refractivity contribution in [2.24, 2.45) is 0 Å². The number of benzene rings is 1. The number of halogens is 2. The van der Waals surface area contributed by atoms with Crippen LogP contribution in [-0.4, -0.2) is 34.4 Å². The predicted molar refractivity (Wildman–Crippen MR) is 81.6 cm³/mol. The predicted octanol–water partition coefficient (Wildman–Crippen LogP) is 4.07. The summed E-state index contributed by atoms with van der Waals surface area (Å²) in [7, 11) is 0. The molecule has 1 aromatic carbocycles. The summed E-state index contributed by atoms with van der Waals surface area (Å²) < 4.78 is 0.882. The lowest BCUT2D eigenvalue weighted by molar-refractivity contribution is 0.0748. The molecule has 0 atom stereocenters. The first-order valence-electron chi connectivity index (χ1n) is 5.78. The standard InChI is InChI=1S/C13H15BrClNOS/c1-13(2)8-16(6-7-18-13)12(17)9-4-3-5-10(14)11(9)15/h3-5H,6-8H2,1-2H3. The molecule has 1 fully saturated rings. The second kappa shape index (κ2) is 5.43. The van der Waals surface area contributed by atoms with Gasteiger partial charge in [0.15, 0.2) is 0 Å². The van der Waals surface area contributed by atoms with Gasteiger partial charge in [-0.25, -0.2) is 0 Å². The highest BCUT2D eigenvalue weighted by Gasteiger charge is 2.30. The maximum atomic E-state index is 12.5. The van der Waals surface area contributed by atoms with Gasteiger partial charge in [0.1, 0.15) is 0 Å². The quantitative estimate of drug-likeness (QED) is 0.762. The van der Waals surface area contributed by atoms with Gasteiger partial charge in [0.25, 0.3) is 5.91 Å². The summed E-state index contributed by atoms with van der Waals surface area (Å²) in [4.78, 5) is 14.4. The zero-order valence-electron chi connectivity index (χ0n) is 10.4. The van der Waals surface area contributed by atoms with E-state index in [1.54, 1.807) is 6.07 Å². The molecule has 0 aromatic heterocycles. The van der Waals surface area contributed by atoms with Gasteiger partial charge in [-0.3, -0.25) is 4.79 Å². The lowest BCUT2D eigenvalue weighted by Gasteiger charge is -2.37. The van der Waals surface area contributed by atoms with Gasteiger partial charge in [-0.1, -0.05) is 17.7 Å². The molecule has 0 N–H and O–H groups in total. The molecule has 1 aromatic rings. The Hall–Kier alpha value is -0.190. The Morgan fingerprint density at radius 2 is 2.22 bits per heavy atom. The van der Waals surface area contributed by atoms with E-state index in [1.807, 2.05) is 28.8 Å². The molecule has 0 bridgehead atoms. The topological polar surface area (TPSA) is 20.3 Å². The highest BCUT2D eigenvalue weighted by atomic mass is 79.9. The molecule has 0 unspecified atom stereocenters. The summed E-state index contributed by atoms with van der Waals surface area (Å²) in [6.07, 6.45) is 0. The van der Waals surface area contributed by atoms with E-state index in [1.165, 1.54) is 0 Å². The summed E-state index contributed by atoms with van der Waals surface area (Å²) in [5.41, 5.74) is 0.578. The average molecular weight is 349 g/mol. The Morgan fingerprint density at radius 3 is 2.89 bits per heavy atom. The van der Waals surface area contributed by atoms with Gasteiger partial charge in [0.2, 0.25) is 0 Å². The Labute approximate surface area is 125 Å². The molecule has 2 nitrogen and oxygen atoms in total. The van der Waals surface area contributed by atoms with Crippen LogP contribution < -0.4 is 0 Å². The van der Waals surface area contributed by atoms with E-state index >= 15 is 0 Å². The zero-order chi connectivity index (χ0) is 13.3. The second-order valence-corrected chi connectivity index (χ2v) is 7.97. The van der Waals surface area contributed by atoms with Crippen molar-refractivity contribution in [3.63, 3.8) is 0 Å². The van der Waals surface area contributed by atoms with Crippen molar-refractivity contribution in [3.8, 4) is 0 Å². The summed E-state index contributed by atoms with van der Waals surface area (Å²) in [6.45, 7) is 5.88. The Kier molecular flexibility index (Phi) is 4.29.